The van der Waals surface area contributed by atoms with Crippen LogP contribution in [0.3, 0.4) is 0 Å². The molecule has 0 aromatic carbocycles. The first-order valence-electron chi connectivity index (χ1n) is 7.09. The lowest BCUT2D eigenvalue weighted by Gasteiger charge is -2.50. The molecule has 1 aliphatic heterocycles. The van der Waals surface area contributed by atoms with Crippen molar-refractivity contribution in [2.75, 3.05) is 0 Å². The van der Waals surface area contributed by atoms with Crippen LogP contribution >= 0.6 is 0 Å². The van der Waals surface area contributed by atoms with Gasteiger partial charge in [0.15, 0.2) is 0 Å². The summed E-state index contributed by atoms with van der Waals surface area (Å²) in [5, 5.41) is 0. The third kappa shape index (κ3) is 1.73. The van der Waals surface area contributed by atoms with Crippen molar-refractivity contribution in [2.24, 2.45) is 22.6 Å². The first kappa shape index (κ1) is 13.4. The molecule has 0 aromatic heterocycles. The molecule has 2 atom stereocenters. The summed E-state index contributed by atoms with van der Waals surface area (Å²) >= 11 is 0. The molecule has 4 heteroatoms. The van der Waals surface area contributed by atoms with Crippen molar-refractivity contribution in [1.82, 2.24) is 4.90 Å². The summed E-state index contributed by atoms with van der Waals surface area (Å²) in [7, 11) is 0. The highest BCUT2D eigenvalue weighted by Crippen LogP contribution is 2.46. The van der Waals surface area contributed by atoms with Gasteiger partial charge in [-0.2, -0.15) is 4.99 Å². The second-order valence-electron chi connectivity index (χ2n) is 6.26. The van der Waals surface area contributed by atoms with E-state index in [4.69, 9.17) is 5.73 Å². The van der Waals surface area contributed by atoms with E-state index in [0.29, 0.717) is 17.7 Å². The Morgan fingerprint density at radius 3 is 2.56 bits per heavy atom. The molecule has 1 heterocycles. The Bertz CT molecular complexity index is 375. The largest absolute Gasteiger partial charge is 0.385 e. The Labute approximate surface area is 110 Å². The Morgan fingerprint density at radius 2 is 2.00 bits per heavy atom. The number of urea groups is 1. The summed E-state index contributed by atoms with van der Waals surface area (Å²) < 4.78 is 0. The zero-order chi connectivity index (χ0) is 13.5. The molecule has 2 amide bonds. The molecule has 0 aromatic rings. The first-order valence-corrected chi connectivity index (χ1v) is 7.09. The summed E-state index contributed by atoms with van der Waals surface area (Å²) in [6.07, 6.45) is 4.48. The molecule has 1 fully saturated rings. The van der Waals surface area contributed by atoms with Crippen LogP contribution in [0.25, 0.3) is 0 Å². The van der Waals surface area contributed by atoms with Gasteiger partial charge in [-0.25, -0.2) is 4.79 Å². The predicted molar refractivity (Wildman–Crippen MR) is 73.5 cm³/mol. The fourth-order valence-corrected chi connectivity index (χ4v) is 3.91. The number of nitrogens with two attached hydrogens (primary N) is 1. The van der Waals surface area contributed by atoms with Gasteiger partial charge in [-0.1, -0.05) is 26.7 Å². The van der Waals surface area contributed by atoms with Gasteiger partial charge in [-0.05, 0) is 38.5 Å². The maximum atomic E-state index is 12.1. The van der Waals surface area contributed by atoms with E-state index in [1.165, 1.54) is 6.42 Å². The smallest absolute Gasteiger partial charge is 0.346 e. The summed E-state index contributed by atoms with van der Waals surface area (Å²) in [6.45, 7) is 8.57. The number of nitrogens with zero attached hydrogens (tertiary/aromatic N) is 2. The molecule has 102 valence electrons. The summed E-state index contributed by atoms with van der Waals surface area (Å²) in [4.78, 5) is 18.1. The zero-order valence-electron chi connectivity index (χ0n) is 11.9. The van der Waals surface area contributed by atoms with Crippen molar-refractivity contribution >= 4 is 11.9 Å². The monoisotopic (exact) mass is 251 g/mol. The molecule has 0 saturated heterocycles. The van der Waals surface area contributed by atoms with Gasteiger partial charge in [-0.3, -0.25) is 0 Å². The average molecular weight is 251 g/mol. The molecule has 1 saturated carbocycles. The maximum absolute atomic E-state index is 12.1. The second kappa shape index (κ2) is 4.56. The highest BCUT2D eigenvalue weighted by atomic mass is 16.2. The van der Waals surface area contributed by atoms with E-state index in [9.17, 15) is 4.79 Å². The van der Waals surface area contributed by atoms with Gasteiger partial charge < -0.3 is 10.6 Å². The number of carbonyl (C=O) groups is 1. The van der Waals surface area contributed by atoms with E-state index in [1.807, 2.05) is 4.90 Å². The van der Waals surface area contributed by atoms with Crippen LogP contribution in [0.2, 0.25) is 0 Å². The average Bonchev–Trinajstić information content (AvgIpc) is 2.51. The van der Waals surface area contributed by atoms with Gasteiger partial charge in [0.2, 0.25) is 0 Å². The van der Waals surface area contributed by atoms with Gasteiger partial charge in [0.05, 0.1) is 0 Å². The van der Waals surface area contributed by atoms with E-state index in [0.717, 1.165) is 19.3 Å². The minimum Gasteiger partial charge on any atom is -0.385 e. The number of hydrogen-bond donors (Lipinski definition) is 1. The zero-order valence-corrected chi connectivity index (χ0v) is 11.9. The molecular weight excluding hydrogens is 226 g/mol. The highest BCUT2D eigenvalue weighted by molar-refractivity contribution is 6.06. The molecule has 18 heavy (non-hydrogen) atoms. The highest BCUT2D eigenvalue weighted by Gasteiger charge is 2.55. The number of amides is 2. The summed E-state index contributed by atoms with van der Waals surface area (Å²) in [6, 6.07) is 0.0108. The SMILES string of the molecule is CC(C)C1CCCCC12C(N)=NC(=O)N2C(C)C. The predicted octanol–water partition coefficient (Wildman–Crippen LogP) is 2.77. The fourth-order valence-electron chi connectivity index (χ4n) is 3.91. The summed E-state index contributed by atoms with van der Waals surface area (Å²) in [5.74, 6) is 1.51. The standard InChI is InChI=1S/C14H25N3O/c1-9(2)11-7-5-6-8-14(11)12(15)16-13(18)17(14)10(3)4/h9-11H,5-8H2,1-4H3,(H2,15,16,18). The molecule has 2 unspecified atom stereocenters. The van der Waals surface area contributed by atoms with Crippen LogP contribution in [0, 0.1) is 11.8 Å². The molecular formula is C14H25N3O. The maximum Gasteiger partial charge on any atom is 0.346 e. The second-order valence-corrected chi connectivity index (χ2v) is 6.26. The summed E-state index contributed by atoms with van der Waals surface area (Å²) in [5.41, 5.74) is 5.87. The van der Waals surface area contributed by atoms with Gasteiger partial charge in [0.1, 0.15) is 11.4 Å². The van der Waals surface area contributed by atoms with E-state index in [1.54, 1.807) is 0 Å². The molecule has 0 bridgehead atoms. The Kier molecular flexibility index (Phi) is 3.39. The van der Waals surface area contributed by atoms with Crippen LogP contribution in [0.5, 0.6) is 0 Å². The third-order valence-electron chi connectivity index (χ3n) is 4.55. The van der Waals surface area contributed by atoms with Crippen molar-refractivity contribution in [2.45, 2.75) is 65.0 Å². The van der Waals surface area contributed by atoms with E-state index in [-0.39, 0.29) is 17.6 Å². The molecule has 2 aliphatic rings. The first-order chi connectivity index (χ1) is 8.41. The van der Waals surface area contributed by atoms with Crippen LogP contribution in [-0.4, -0.2) is 28.3 Å². The number of aliphatic imine (C=N–C) groups is 1. The quantitative estimate of drug-likeness (QED) is 0.820. The number of rotatable bonds is 2. The van der Waals surface area contributed by atoms with Gasteiger partial charge in [-0.15, -0.1) is 0 Å². The Morgan fingerprint density at radius 1 is 1.33 bits per heavy atom. The minimum absolute atomic E-state index is 0.143. The van der Waals surface area contributed by atoms with E-state index in [2.05, 4.69) is 32.7 Å². The molecule has 1 aliphatic carbocycles. The molecule has 0 radical (unpaired) electrons. The van der Waals surface area contributed by atoms with Crippen molar-refractivity contribution in [1.29, 1.82) is 0 Å². The van der Waals surface area contributed by atoms with Gasteiger partial charge in [0.25, 0.3) is 0 Å². The lowest BCUT2D eigenvalue weighted by molar-refractivity contribution is 0.0514. The minimum atomic E-state index is -0.308. The van der Waals surface area contributed by atoms with Crippen LogP contribution in [-0.2, 0) is 0 Å². The fraction of sp³-hybridized carbons (Fsp3) is 0.857. The molecule has 2 rings (SSSR count). The number of amidine groups is 1. The lowest BCUT2D eigenvalue weighted by Crippen LogP contribution is -2.63. The van der Waals surface area contributed by atoms with Crippen molar-refractivity contribution in [3.63, 3.8) is 0 Å². The number of hydrogen-bond acceptors (Lipinski definition) is 2. The van der Waals surface area contributed by atoms with Crippen LogP contribution < -0.4 is 5.73 Å². The Hall–Kier alpha value is -1.06. The van der Waals surface area contributed by atoms with Gasteiger partial charge >= 0.3 is 6.03 Å². The molecule has 1 spiro atoms. The van der Waals surface area contributed by atoms with E-state index >= 15 is 0 Å². The van der Waals surface area contributed by atoms with Crippen LogP contribution in [0.1, 0.15) is 53.4 Å². The number of carbonyl (C=O) groups excluding carboxylic acids is 1. The topological polar surface area (TPSA) is 58.7 Å². The molecule has 2 N–H and O–H groups in total. The Balaban J connectivity index is 2.46. The van der Waals surface area contributed by atoms with Gasteiger partial charge in [0, 0.05) is 6.04 Å². The van der Waals surface area contributed by atoms with Crippen molar-refractivity contribution < 1.29 is 4.79 Å². The van der Waals surface area contributed by atoms with Crippen molar-refractivity contribution in [3.8, 4) is 0 Å². The van der Waals surface area contributed by atoms with Crippen LogP contribution in [0.15, 0.2) is 4.99 Å². The third-order valence-corrected chi connectivity index (χ3v) is 4.55. The normalized spacial score (nSPS) is 32.8. The molecule has 4 nitrogen and oxygen atoms in total. The lowest BCUT2D eigenvalue weighted by atomic mass is 9.66. The van der Waals surface area contributed by atoms with Crippen molar-refractivity contribution in [3.05, 3.63) is 0 Å². The van der Waals surface area contributed by atoms with E-state index < -0.39 is 0 Å². The van der Waals surface area contributed by atoms with Crippen LogP contribution in [0.4, 0.5) is 4.79 Å².